The van der Waals surface area contributed by atoms with Crippen LogP contribution in [0.15, 0.2) is 36.4 Å². The molecule has 1 saturated heterocycles. The van der Waals surface area contributed by atoms with Crippen molar-refractivity contribution in [3.05, 3.63) is 52.1 Å². The highest BCUT2D eigenvalue weighted by atomic mass is 16.6. The number of epoxide rings is 1. The lowest BCUT2D eigenvalue weighted by Gasteiger charge is -2.29. The van der Waals surface area contributed by atoms with E-state index >= 15 is 0 Å². The molecule has 1 aliphatic heterocycles. The first-order chi connectivity index (χ1) is 12.3. The lowest BCUT2D eigenvalue weighted by atomic mass is 9.81. The molecule has 1 spiro atoms. The summed E-state index contributed by atoms with van der Waals surface area (Å²) in [7, 11) is 0. The van der Waals surface area contributed by atoms with Crippen molar-refractivity contribution in [3.63, 3.8) is 0 Å². The second kappa shape index (κ2) is 6.87. The summed E-state index contributed by atoms with van der Waals surface area (Å²) in [6.07, 6.45) is 1.11. The van der Waals surface area contributed by atoms with E-state index in [9.17, 15) is 19.7 Å². The fourth-order valence-corrected chi connectivity index (χ4v) is 3.24. The minimum Gasteiger partial charge on any atom is -0.463 e. The average Bonchev–Trinajstić information content (AvgIpc) is 3.30. The number of rotatable bonds is 5. The molecule has 0 bridgehead atoms. The molecule has 1 heterocycles. The van der Waals surface area contributed by atoms with E-state index in [1.165, 1.54) is 31.2 Å². The van der Waals surface area contributed by atoms with Crippen LogP contribution < -0.4 is 0 Å². The molecule has 0 N–H and O–H groups in total. The summed E-state index contributed by atoms with van der Waals surface area (Å²) in [6.45, 7) is 5.52. The molecule has 3 rings (SSSR count). The van der Waals surface area contributed by atoms with Crippen LogP contribution in [0.5, 0.6) is 0 Å². The van der Waals surface area contributed by atoms with Gasteiger partial charge in [-0.2, -0.15) is 0 Å². The molecule has 0 aromatic heterocycles. The van der Waals surface area contributed by atoms with Crippen LogP contribution >= 0.6 is 0 Å². The van der Waals surface area contributed by atoms with Crippen LogP contribution in [0.1, 0.15) is 36.5 Å². The van der Waals surface area contributed by atoms with Gasteiger partial charge < -0.3 is 14.2 Å². The van der Waals surface area contributed by atoms with Gasteiger partial charge in [0.15, 0.2) is 0 Å². The summed E-state index contributed by atoms with van der Waals surface area (Å²) >= 11 is 0. The molecule has 2 fully saturated rings. The monoisotopic (exact) mass is 361 g/mol. The van der Waals surface area contributed by atoms with E-state index in [0.29, 0.717) is 19.3 Å². The Labute approximate surface area is 149 Å². The fourth-order valence-electron chi connectivity index (χ4n) is 3.24. The summed E-state index contributed by atoms with van der Waals surface area (Å²) in [5.74, 6) is -0.914. The van der Waals surface area contributed by atoms with E-state index in [-0.39, 0.29) is 36.0 Å². The summed E-state index contributed by atoms with van der Waals surface area (Å²) in [4.78, 5) is 33.4. The topological polar surface area (TPSA) is 108 Å². The molecular weight excluding hydrogens is 342 g/mol. The lowest BCUT2D eigenvalue weighted by molar-refractivity contribution is -0.384. The maximum absolute atomic E-state index is 12.3. The summed E-state index contributed by atoms with van der Waals surface area (Å²) < 4.78 is 16.3. The molecule has 8 heteroatoms. The zero-order chi connectivity index (χ0) is 18.9. The van der Waals surface area contributed by atoms with Crippen molar-refractivity contribution in [1.29, 1.82) is 0 Å². The van der Waals surface area contributed by atoms with Gasteiger partial charge in [-0.05, 0) is 30.5 Å². The average molecular weight is 361 g/mol. The van der Waals surface area contributed by atoms with Gasteiger partial charge >= 0.3 is 11.9 Å². The van der Waals surface area contributed by atoms with Gasteiger partial charge in [-0.3, -0.25) is 14.9 Å². The maximum Gasteiger partial charge on any atom is 0.338 e. The van der Waals surface area contributed by atoms with E-state index in [1.54, 1.807) is 0 Å². The second-order valence-corrected chi connectivity index (χ2v) is 6.48. The zero-order valence-corrected chi connectivity index (χ0v) is 14.3. The number of esters is 2. The zero-order valence-electron chi connectivity index (χ0n) is 14.3. The molecule has 138 valence electrons. The number of benzene rings is 1. The normalized spacial score (nSPS) is 27.0. The van der Waals surface area contributed by atoms with Gasteiger partial charge in [0, 0.05) is 25.5 Å². The first-order valence-corrected chi connectivity index (χ1v) is 8.26. The van der Waals surface area contributed by atoms with Crippen LogP contribution in [0.4, 0.5) is 5.69 Å². The molecule has 3 unspecified atom stereocenters. The predicted octanol–water partition coefficient (Wildman–Crippen LogP) is 2.56. The van der Waals surface area contributed by atoms with Gasteiger partial charge in [-0.25, -0.2) is 4.79 Å². The molecule has 3 atom stereocenters. The number of nitro benzene ring substituents is 1. The highest BCUT2D eigenvalue weighted by Crippen LogP contribution is 2.51. The molecule has 1 aromatic carbocycles. The Kier molecular flexibility index (Phi) is 4.78. The van der Waals surface area contributed by atoms with Crippen LogP contribution in [0, 0.1) is 10.1 Å². The number of hydrogen-bond donors (Lipinski definition) is 0. The number of carbonyl (C=O) groups is 2. The van der Waals surface area contributed by atoms with Gasteiger partial charge in [-0.15, -0.1) is 0 Å². The van der Waals surface area contributed by atoms with Gasteiger partial charge in [0.2, 0.25) is 0 Å². The quantitative estimate of drug-likeness (QED) is 0.261. The summed E-state index contributed by atoms with van der Waals surface area (Å²) in [5, 5.41) is 10.7. The fraction of sp³-hybridized carbons (Fsp3) is 0.444. The van der Waals surface area contributed by atoms with Crippen LogP contribution in [0.25, 0.3) is 0 Å². The predicted molar refractivity (Wildman–Crippen MR) is 89.5 cm³/mol. The Balaban J connectivity index is 1.60. The van der Waals surface area contributed by atoms with E-state index in [0.717, 1.165) is 5.57 Å². The number of non-ortho nitro benzene ring substituents is 1. The van der Waals surface area contributed by atoms with Crippen molar-refractivity contribution in [2.45, 2.75) is 44.0 Å². The van der Waals surface area contributed by atoms with Crippen molar-refractivity contribution in [2.75, 3.05) is 6.61 Å². The maximum atomic E-state index is 12.3. The number of carbonyl (C=O) groups excluding carboxylic acids is 2. The van der Waals surface area contributed by atoms with Gasteiger partial charge in [0.1, 0.15) is 24.4 Å². The second-order valence-electron chi connectivity index (χ2n) is 6.48. The smallest absolute Gasteiger partial charge is 0.338 e. The van der Waals surface area contributed by atoms with E-state index in [4.69, 9.17) is 14.2 Å². The van der Waals surface area contributed by atoms with E-state index < -0.39 is 16.5 Å². The Morgan fingerprint density at radius 3 is 2.69 bits per heavy atom. The molecular formula is C18H19NO7. The van der Waals surface area contributed by atoms with Crippen LogP contribution in [0.3, 0.4) is 0 Å². The third-order valence-corrected chi connectivity index (χ3v) is 4.74. The molecule has 26 heavy (non-hydrogen) atoms. The van der Waals surface area contributed by atoms with Gasteiger partial charge in [-0.1, -0.05) is 6.58 Å². The van der Waals surface area contributed by atoms with Crippen LogP contribution in [-0.2, 0) is 19.0 Å². The number of nitrogens with zero attached hydrogens (tertiary/aromatic N) is 1. The van der Waals surface area contributed by atoms with Gasteiger partial charge in [0.05, 0.1) is 10.5 Å². The standard InChI is InChI=1S/C18H19NO7/c1-11-3-8-15(9-18(11)16(26-18)10-24-12(2)20)25-17(21)13-4-6-14(7-5-13)19(22)23/h4-7,15-16H,1,3,8-10H2,2H3. The highest BCUT2D eigenvalue weighted by Gasteiger charge is 2.61. The van der Waals surface area contributed by atoms with Crippen molar-refractivity contribution in [1.82, 2.24) is 0 Å². The van der Waals surface area contributed by atoms with E-state index in [1.807, 2.05) is 0 Å². The van der Waals surface area contributed by atoms with Gasteiger partial charge in [0.25, 0.3) is 5.69 Å². The first kappa shape index (κ1) is 18.1. The van der Waals surface area contributed by atoms with Crippen LogP contribution in [0.2, 0.25) is 0 Å². The molecule has 0 amide bonds. The number of hydrogen-bond acceptors (Lipinski definition) is 7. The van der Waals surface area contributed by atoms with Crippen molar-refractivity contribution in [2.24, 2.45) is 0 Å². The molecule has 8 nitrogen and oxygen atoms in total. The highest BCUT2D eigenvalue weighted by molar-refractivity contribution is 5.89. The number of ether oxygens (including phenoxy) is 3. The summed E-state index contributed by atoms with van der Waals surface area (Å²) in [5.41, 5.74) is 0.474. The Morgan fingerprint density at radius 2 is 2.08 bits per heavy atom. The number of nitro groups is 1. The SMILES string of the molecule is C=C1CCC(OC(=O)c2ccc([N+](=O)[O-])cc2)CC12OC2COC(C)=O. The summed E-state index contributed by atoms with van der Waals surface area (Å²) in [6, 6.07) is 5.27. The molecule has 1 saturated carbocycles. The molecule has 2 aliphatic rings. The Morgan fingerprint density at radius 1 is 1.38 bits per heavy atom. The minimum atomic E-state index is -0.603. The molecule has 1 aliphatic carbocycles. The Bertz CT molecular complexity index is 757. The van der Waals surface area contributed by atoms with Crippen LogP contribution in [-0.4, -0.2) is 41.3 Å². The van der Waals surface area contributed by atoms with Crippen molar-refractivity contribution >= 4 is 17.6 Å². The Hall–Kier alpha value is -2.74. The van der Waals surface area contributed by atoms with Crippen molar-refractivity contribution in [3.8, 4) is 0 Å². The first-order valence-electron chi connectivity index (χ1n) is 8.26. The third kappa shape index (κ3) is 3.60. The largest absolute Gasteiger partial charge is 0.463 e. The van der Waals surface area contributed by atoms with E-state index in [2.05, 4.69) is 6.58 Å². The van der Waals surface area contributed by atoms with Crippen molar-refractivity contribution < 1.29 is 28.7 Å². The minimum absolute atomic E-state index is 0.0887. The lowest BCUT2D eigenvalue weighted by Crippen LogP contribution is -2.34. The molecule has 1 aromatic rings. The third-order valence-electron chi connectivity index (χ3n) is 4.74. The molecule has 0 radical (unpaired) electrons.